The van der Waals surface area contributed by atoms with Crippen LogP contribution in [0.4, 0.5) is 0 Å². The maximum absolute atomic E-state index is 5.29. The van der Waals surface area contributed by atoms with E-state index >= 15 is 0 Å². The normalized spacial score (nSPS) is 30.9. The molecule has 0 bridgehead atoms. The van der Waals surface area contributed by atoms with E-state index in [1.54, 1.807) is 0 Å². The Morgan fingerprint density at radius 2 is 2.00 bits per heavy atom. The van der Waals surface area contributed by atoms with Crippen molar-refractivity contribution in [2.24, 2.45) is 0 Å². The van der Waals surface area contributed by atoms with Gasteiger partial charge in [0.05, 0.1) is 14.2 Å². The lowest BCUT2D eigenvalue weighted by molar-refractivity contribution is 0.147. The van der Waals surface area contributed by atoms with E-state index in [0.29, 0.717) is 6.61 Å². The fourth-order valence-corrected chi connectivity index (χ4v) is 2.23. The summed E-state index contributed by atoms with van der Waals surface area (Å²) in [6, 6.07) is 0. The molecule has 0 aliphatic carbocycles. The van der Waals surface area contributed by atoms with E-state index in [2.05, 4.69) is 0 Å². The molecule has 0 amide bonds. The quantitative estimate of drug-likeness (QED) is 0.582. The molecule has 10 heavy (non-hydrogen) atoms. The molecule has 5 heteroatoms. The monoisotopic (exact) mass is 167 g/mol. The van der Waals surface area contributed by atoms with Crippen LogP contribution in [0.2, 0.25) is 0 Å². The van der Waals surface area contributed by atoms with Gasteiger partial charge in [0.15, 0.2) is 0 Å². The summed E-state index contributed by atoms with van der Waals surface area (Å²) in [7, 11) is 0.681. The summed E-state index contributed by atoms with van der Waals surface area (Å²) in [5.41, 5.74) is 0. The molecule has 1 aliphatic rings. The van der Waals surface area contributed by atoms with Crippen LogP contribution in [0.25, 0.3) is 0 Å². The Kier molecular flexibility index (Phi) is 2.61. The van der Waals surface area contributed by atoms with Crippen molar-refractivity contribution >= 4 is 8.17 Å². The minimum absolute atomic E-state index is 0.0771. The summed E-state index contributed by atoms with van der Waals surface area (Å²) in [4.78, 5) is 0. The van der Waals surface area contributed by atoms with Gasteiger partial charge in [0, 0.05) is 0 Å². The third kappa shape index (κ3) is 1.47. The molecule has 0 saturated carbocycles. The molecule has 0 aromatic carbocycles. The molecule has 1 heterocycles. The highest BCUT2D eigenvalue weighted by molar-refractivity contribution is 7.56. The Hall–Kier alpha value is 0.270. The standard InChI is InChI=1S/C5H12O4P/c1-5-4-8-10(6-2,7-3)9-5/h5H,4H2,1-3H3/q+1. The first-order valence-electron chi connectivity index (χ1n) is 3.06. The van der Waals surface area contributed by atoms with Crippen molar-refractivity contribution in [2.75, 3.05) is 20.8 Å². The van der Waals surface area contributed by atoms with E-state index in [4.69, 9.17) is 18.1 Å². The predicted molar refractivity (Wildman–Crippen MR) is 37.4 cm³/mol. The average molecular weight is 167 g/mol. The van der Waals surface area contributed by atoms with Crippen LogP contribution >= 0.6 is 8.17 Å². The second-order valence-electron chi connectivity index (χ2n) is 2.02. The van der Waals surface area contributed by atoms with Gasteiger partial charge in [-0.25, -0.2) is 0 Å². The first-order valence-corrected chi connectivity index (χ1v) is 4.52. The second-order valence-corrected chi connectivity index (χ2v) is 4.12. The topological polar surface area (TPSA) is 36.9 Å². The molecule has 0 aromatic rings. The van der Waals surface area contributed by atoms with Crippen LogP contribution in [0.3, 0.4) is 0 Å². The summed E-state index contributed by atoms with van der Waals surface area (Å²) in [5, 5.41) is 0. The summed E-state index contributed by atoms with van der Waals surface area (Å²) in [6.07, 6.45) is 0.0771. The molecule has 1 rings (SSSR count). The van der Waals surface area contributed by atoms with Crippen molar-refractivity contribution in [1.82, 2.24) is 0 Å². The molecule has 0 spiro atoms. The van der Waals surface area contributed by atoms with Gasteiger partial charge in [-0.05, 0) is 6.92 Å². The molecule has 0 aromatic heterocycles. The molecule has 1 atom stereocenters. The minimum Gasteiger partial charge on any atom is -0.156 e. The van der Waals surface area contributed by atoms with Gasteiger partial charge >= 0.3 is 8.17 Å². The average Bonchev–Trinajstić information content (AvgIpc) is 2.33. The zero-order valence-corrected chi connectivity index (χ0v) is 7.26. The third-order valence-electron chi connectivity index (χ3n) is 1.22. The van der Waals surface area contributed by atoms with Crippen LogP contribution in [-0.4, -0.2) is 26.9 Å². The molecule has 0 N–H and O–H groups in total. The molecular weight excluding hydrogens is 155 g/mol. The molecular formula is C5H12O4P+. The highest BCUT2D eigenvalue weighted by Gasteiger charge is 2.54. The highest BCUT2D eigenvalue weighted by atomic mass is 31.2. The van der Waals surface area contributed by atoms with Crippen molar-refractivity contribution in [1.29, 1.82) is 0 Å². The molecule has 60 valence electrons. The van der Waals surface area contributed by atoms with E-state index in [9.17, 15) is 0 Å². The van der Waals surface area contributed by atoms with Crippen LogP contribution in [0.1, 0.15) is 6.92 Å². The Balaban J connectivity index is 2.51. The lowest BCUT2D eigenvalue weighted by Crippen LogP contribution is -2.02. The summed E-state index contributed by atoms with van der Waals surface area (Å²) in [5.74, 6) is 0. The summed E-state index contributed by atoms with van der Waals surface area (Å²) >= 11 is 0. The largest absolute Gasteiger partial charge is 0.575 e. The van der Waals surface area contributed by atoms with E-state index in [0.717, 1.165) is 0 Å². The summed E-state index contributed by atoms with van der Waals surface area (Å²) in [6.45, 7) is 2.47. The lowest BCUT2D eigenvalue weighted by atomic mass is 10.5. The van der Waals surface area contributed by atoms with Gasteiger partial charge in [-0.1, -0.05) is 0 Å². The Morgan fingerprint density at radius 1 is 1.40 bits per heavy atom. The molecule has 1 fully saturated rings. The highest BCUT2D eigenvalue weighted by Crippen LogP contribution is 2.66. The third-order valence-corrected chi connectivity index (χ3v) is 3.20. The Morgan fingerprint density at radius 3 is 2.20 bits per heavy atom. The van der Waals surface area contributed by atoms with Crippen molar-refractivity contribution in [2.45, 2.75) is 13.0 Å². The Labute approximate surface area is 61.1 Å². The maximum atomic E-state index is 5.29. The maximum Gasteiger partial charge on any atom is 0.575 e. The molecule has 1 unspecified atom stereocenters. The van der Waals surface area contributed by atoms with Crippen molar-refractivity contribution in [3.8, 4) is 0 Å². The van der Waals surface area contributed by atoms with Crippen LogP contribution in [0.15, 0.2) is 0 Å². The van der Waals surface area contributed by atoms with Gasteiger partial charge in [0.25, 0.3) is 0 Å². The first-order chi connectivity index (χ1) is 4.72. The van der Waals surface area contributed by atoms with Gasteiger partial charge in [0.2, 0.25) is 0 Å². The van der Waals surface area contributed by atoms with Gasteiger partial charge in [-0.15, -0.1) is 4.52 Å². The van der Waals surface area contributed by atoms with Gasteiger partial charge < -0.3 is 0 Å². The lowest BCUT2D eigenvalue weighted by Gasteiger charge is -2.07. The SMILES string of the molecule is CO[P+]1(OC)OCC(C)O1. The Bertz CT molecular complexity index is 114. The van der Waals surface area contributed by atoms with Gasteiger partial charge in [0.1, 0.15) is 12.7 Å². The zero-order valence-electron chi connectivity index (χ0n) is 6.36. The predicted octanol–water partition coefficient (Wildman–Crippen LogP) is 1.39. The number of rotatable bonds is 2. The summed E-state index contributed by atoms with van der Waals surface area (Å²) < 4.78 is 20.4. The minimum atomic E-state index is -2.36. The van der Waals surface area contributed by atoms with Crippen LogP contribution in [-0.2, 0) is 18.1 Å². The van der Waals surface area contributed by atoms with E-state index in [-0.39, 0.29) is 6.10 Å². The van der Waals surface area contributed by atoms with E-state index < -0.39 is 8.17 Å². The first kappa shape index (κ1) is 8.37. The smallest absolute Gasteiger partial charge is 0.156 e. The van der Waals surface area contributed by atoms with Crippen molar-refractivity contribution in [3.63, 3.8) is 0 Å². The molecule has 1 saturated heterocycles. The van der Waals surface area contributed by atoms with Crippen LogP contribution in [0.5, 0.6) is 0 Å². The zero-order chi connectivity index (χ0) is 7.61. The molecule has 1 aliphatic heterocycles. The van der Waals surface area contributed by atoms with Crippen molar-refractivity contribution in [3.05, 3.63) is 0 Å². The van der Waals surface area contributed by atoms with Crippen LogP contribution < -0.4 is 0 Å². The van der Waals surface area contributed by atoms with Gasteiger partial charge in [-0.3, -0.25) is 0 Å². The molecule has 0 radical (unpaired) electrons. The van der Waals surface area contributed by atoms with Gasteiger partial charge in [-0.2, -0.15) is 13.6 Å². The second kappa shape index (κ2) is 3.11. The fourth-order valence-electron chi connectivity index (χ4n) is 0.744. The molecule has 4 nitrogen and oxygen atoms in total. The van der Waals surface area contributed by atoms with Crippen LogP contribution in [0, 0.1) is 0 Å². The van der Waals surface area contributed by atoms with E-state index in [1.807, 2.05) is 6.92 Å². The van der Waals surface area contributed by atoms with E-state index in [1.165, 1.54) is 14.2 Å². The number of hydrogen-bond donors (Lipinski definition) is 0. The fraction of sp³-hybridized carbons (Fsp3) is 1.00. The number of hydrogen-bond acceptors (Lipinski definition) is 4. The van der Waals surface area contributed by atoms with Crippen molar-refractivity contribution < 1.29 is 18.1 Å².